The summed E-state index contributed by atoms with van der Waals surface area (Å²) in [4.78, 5) is 0. The Morgan fingerprint density at radius 1 is 1.00 bits per heavy atom. The first-order chi connectivity index (χ1) is 11.4. The quantitative estimate of drug-likeness (QED) is 0.372. The van der Waals surface area contributed by atoms with E-state index in [1.54, 1.807) is 0 Å². The van der Waals surface area contributed by atoms with Crippen LogP contribution in [0, 0.1) is 0 Å². The van der Waals surface area contributed by atoms with E-state index in [1.165, 1.54) is 31.4 Å². The maximum absolute atomic E-state index is 5.43. The van der Waals surface area contributed by atoms with Gasteiger partial charge in [0.25, 0.3) is 0 Å². The molecule has 1 aliphatic rings. The van der Waals surface area contributed by atoms with Gasteiger partial charge >= 0.3 is 0 Å². The van der Waals surface area contributed by atoms with Crippen molar-refractivity contribution in [1.29, 1.82) is 0 Å². The Labute approximate surface area is 161 Å². The second kappa shape index (κ2) is 9.67. The number of nitrogens with zero attached hydrogens (tertiary/aromatic N) is 1. The van der Waals surface area contributed by atoms with Gasteiger partial charge in [0, 0.05) is 24.6 Å². The van der Waals surface area contributed by atoms with Crippen molar-refractivity contribution in [2.24, 2.45) is 0 Å². The van der Waals surface area contributed by atoms with Crippen LogP contribution >= 0.6 is 0 Å². The van der Waals surface area contributed by atoms with Crippen molar-refractivity contribution in [3.05, 3.63) is 53.9 Å². The number of rotatable bonds is 7. The third kappa shape index (κ3) is 4.97. The highest BCUT2D eigenvalue weighted by atomic mass is 127. The Hall–Kier alpha value is -1.56. The largest absolute Gasteiger partial charge is 1.00 e. The molecule has 0 saturated carbocycles. The standard InChI is InChI=1S/C20H24NO2.HI/c1-2-3-4-6-13-21-14-7-5-8-18(21)11-9-17-10-12-19-20(15-17)23-16-22-19;/h5,7-12,14-15H,2-4,6,13,16H2,1H3;1H/q+1;/p-1. The molecule has 1 aromatic heterocycles. The highest BCUT2D eigenvalue weighted by Crippen LogP contribution is 2.32. The summed E-state index contributed by atoms with van der Waals surface area (Å²) in [6, 6.07) is 12.4. The molecule has 0 atom stereocenters. The van der Waals surface area contributed by atoms with Crippen molar-refractivity contribution in [3.8, 4) is 11.5 Å². The molecule has 1 aliphatic heterocycles. The third-order valence-electron chi connectivity index (χ3n) is 4.07. The molecule has 24 heavy (non-hydrogen) atoms. The Morgan fingerprint density at radius 2 is 1.88 bits per heavy atom. The van der Waals surface area contributed by atoms with Gasteiger partial charge in [0.05, 0.1) is 0 Å². The van der Waals surface area contributed by atoms with Crippen LogP contribution in [0.15, 0.2) is 42.6 Å². The van der Waals surface area contributed by atoms with Gasteiger partial charge in [-0.2, -0.15) is 4.57 Å². The van der Waals surface area contributed by atoms with E-state index in [1.807, 2.05) is 12.1 Å². The fourth-order valence-electron chi connectivity index (χ4n) is 2.75. The number of aromatic nitrogens is 1. The van der Waals surface area contributed by atoms with Gasteiger partial charge in [0.15, 0.2) is 17.7 Å². The van der Waals surface area contributed by atoms with Gasteiger partial charge in [-0.1, -0.05) is 25.8 Å². The number of ether oxygens (including phenoxy) is 2. The molecule has 1 aromatic carbocycles. The minimum Gasteiger partial charge on any atom is -1.00 e. The van der Waals surface area contributed by atoms with Crippen LogP contribution in [-0.2, 0) is 6.54 Å². The molecule has 0 aliphatic carbocycles. The van der Waals surface area contributed by atoms with Crippen molar-refractivity contribution in [3.63, 3.8) is 0 Å². The second-order valence-electron chi connectivity index (χ2n) is 5.83. The van der Waals surface area contributed by atoms with Crippen molar-refractivity contribution in [2.45, 2.75) is 39.2 Å². The van der Waals surface area contributed by atoms with Crippen LogP contribution in [-0.4, -0.2) is 6.79 Å². The fourth-order valence-corrected chi connectivity index (χ4v) is 2.75. The first kappa shape index (κ1) is 18.8. The SMILES string of the molecule is CCCCCC[n+]1ccccc1C=Cc1ccc2c(c1)OCO2.[I-]. The molecule has 3 nitrogen and oxygen atoms in total. The van der Waals surface area contributed by atoms with Crippen LogP contribution in [0.5, 0.6) is 11.5 Å². The molecule has 128 valence electrons. The van der Waals surface area contributed by atoms with Gasteiger partial charge in [-0.3, -0.25) is 0 Å². The first-order valence-electron chi connectivity index (χ1n) is 8.43. The number of hydrogen-bond acceptors (Lipinski definition) is 2. The molecule has 2 heterocycles. The summed E-state index contributed by atoms with van der Waals surface area (Å²) in [6.07, 6.45) is 11.6. The maximum Gasteiger partial charge on any atom is 0.231 e. The number of benzene rings is 1. The third-order valence-corrected chi connectivity index (χ3v) is 4.07. The number of aryl methyl sites for hydroxylation is 1. The Kier molecular flexibility index (Phi) is 7.56. The zero-order valence-corrected chi connectivity index (χ0v) is 16.2. The van der Waals surface area contributed by atoms with Gasteiger partial charge < -0.3 is 33.5 Å². The van der Waals surface area contributed by atoms with Crippen LogP contribution < -0.4 is 38.0 Å². The maximum atomic E-state index is 5.43. The Bertz CT molecular complexity index is 685. The zero-order valence-electron chi connectivity index (χ0n) is 14.1. The summed E-state index contributed by atoms with van der Waals surface area (Å²) in [5, 5.41) is 0. The normalized spacial score (nSPS) is 12.4. The zero-order chi connectivity index (χ0) is 15.9. The topological polar surface area (TPSA) is 22.3 Å². The van der Waals surface area contributed by atoms with E-state index in [2.05, 4.69) is 54.1 Å². The summed E-state index contributed by atoms with van der Waals surface area (Å²) >= 11 is 0. The lowest BCUT2D eigenvalue weighted by molar-refractivity contribution is -0.699. The van der Waals surface area contributed by atoms with Crippen LogP contribution in [0.25, 0.3) is 12.2 Å². The highest BCUT2D eigenvalue weighted by Gasteiger charge is 2.12. The lowest BCUT2D eigenvalue weighted by atomic mass is 10.1. The van der Waals surface area contributed by atoms with Gasteiger partial charge in [0.2, 0.25) is 12.5 Å². The summed E-state index contributed by atoms with van der Waals surface area (Å²) in [5.74, 6) is 1.65. The van der Waals surface area contributed by atoms with Crippen LogP contribution in [0.2, 0.25) is 0 Å². The molecular formula is C20H24INO2. The van der Waals surface area contributed by atoms with Crippen LogP contribution in [0.1, 0.15) is 43.9 Å². The second-order valence-corrected chi connectivity index (χ2v) is 5.83. The van der Waals surface area contributed by atoms with Gasteiger partial charge in [-0.05, 0) is 36.3 Å². The smallest absolute Gasteiger partial charge is 0.231 e. The van der Waals surface area contributed by atoms with Gasteiger partial charge in [-0.25, -0.2) is 0 Å². The summed E-state index contributed by atoms with van der Waals surface area (Å²) in [5.41, 5.74) is 2.34. The van der Waals surface area contributed by atoms with Crippen LogP contribution in [0.3, 0.4) is 0 Å². The average molecular weight is 437 g/mol. The molecule has 0 spiro atoms. The molecule has 0 amide bonds. The molecule has 0 fully saturated rings. The van der Waals surface area contributed by atoms with Crippen LogP contribution in [0.4, 0.5) is 0 Å². The molecule has 0 bridgehead atoms. The molecule has 0 saturated heterocycles. The average Bonchev–Trinajstić information content (AvgIpc) is 3.05. The molecule has 0 radical (unpaired) electrons. The van der Waals surface area contributed by atoms with Crippen molar-refractivity contribution < 1.29 is 38.0 Å². The molecule has 2 aromatic rings. The monoisotopic (exact) mass is 437 g/mol. The van der Waals surface area contributed by atoms with E-state index in [-0.39, 0.29) is 24.0 Å². The lowest BCUT2D eigenvalue weighted by Crippen LogP contribution is -3.00. The van der Waals surface area contributed by atoms with E-state index >= 15 is 0 Å². The van der Waals surface area contributed by atoms with Crippen molar-refractivity contribution >= 4 is 12.2 Å². The molecule has 4 heteroatoms. The minimum absolute atomic E-state index is 0. The number of unbranched alkanes of at least 4 members (excludes halogenated alkanes) is 3. The van der Waals surface area contributed by atoms with E-state index < -0.39 is 0 Å². The van der Waals surface area contributed by atoms with Crippen molar-refractivity contribution in [1.82, 2.24) is 0 Å². The van der Waals surface area contributed by atoms with Gasteiger partial charge in [0.1, 0.15) is 6.54 Å². The predicted molar refractivity (Wildman–Crippen MR) is 92.3 cm³/mol. The molecular weight excluding hydrogens is 413 g/mol. The number of pyridine rings is 1. The Morgan fingerprint density at radius 3 is 2.75 bits per heavy atom. The fraction of sp³-hybridized carbons (Fsp3) is 0.350. The highest BCUT2D eigenvalue weighted by molar-refractivity contribution is 5.68. The lowest BCUT2D eigenvalue weighted by Gasteiger charge is -2.01. The Balaban J connectivity index is 0.00000208. The number of halogens is 1. The molecule has 3 rings (SSSR count). The minimum atomic E-state index is 0. The number of hydrogen-bond donors (Lipinski definition) is 0. The molecule has 0 unspecified atom stereocenters. The number of fused-ring (bicyclic) bond motifs is 1. The van der Waals surface area contributed by atoms with E-state index in [0.29, 0.717) is 6.79 Å². The summed E-state index contributed by atoms with van der Waals surface area (Å²) < 4.78 is 13.1. The van der Waals surface area contributed by atoms with E-state index in [4.69, 9.17) is 9.47 Å². The summed E-state index contributed by atoms with van der Waals surface area (Å²) in [6.45, 7) is 3.63. The predicted octanol–water partition coefficient (Wildman–Crippen LogP) is 1.46. The first-order valence-corrected chi connectivity index (χ1v) is 8.43. The van der Waals surface area contributed by atoms with Gasteiger partial charge in [-0.15, -0.1) is 0 Å². The molecule has 0 N–H and O–H groups in total. The van der Waals surface area contributed by atoms with E-state index in [9.17, 15) is 0 Å². The van der Waals surface area contributed by atoms with Crippen molar-refractivity contribution in [2.75, 3.05) is 6.79 Å². The van der Waals surface area contributed by atoms with E-state index in [0.717, 1.165) is 23.6 Å². The summed E-state index contributed by atoms with van der Waals surface area (Å²) in [7, 11) is 0.